The van der Waals surface area contributed by atoms with Gasteiger partial charge in [-0.05, 0) is 49.4 Å². The maximum Gasteiger partial charge on any atom is 0.206 e. The molecule has 0 fully saturated rings. The summed E-state index contributed by atoms with van der Waals surface area (Å²) >= 11 is 5.01. The molecule has 1 aliphatic carbocycles. The summed E-state index contributed by atoms with van der Waals surface area (Å²) in [6, 6.07) is 0. The summed E-state index contributed by atoms with van der Waals surface area (Å²) in [4.78, 5) is 11.6. The molecule has 0 bridgehead atoms. The van der Waals surface area contributed by atoms with E-state index in [9.17, 15) is 0 Å². The highest BCUT2D eigenvalue weighted by atomic mass is 32.2. The number of hydrogen-bond acceptors (Lipinski definition) is 8. The first-order valence-corrected chi connectivity index (χ1v) is 10.2. The number of nitrogens with zero attached hydrogens (tertiary/aromatic N) is 4. The van der Waals surface area contributed by atoms with Gasteiger partial charge >= 0.3 is 0 Å². The minimum atomic E-state index is 0.769. The third-order valence-corrected chi connectivity index (χ3v) is 7.07. The van der Waals surface area contributed by atoms with Crippen molar-refractivity contribution in [1.29, 1.82) is 0 Å². The number of aryl methyl sites for hydroxylation is 1. The summed E-state index contributed by atoms with van der Waals surface area (Å²) in [5.74, 6) is 0.769. The van der Waals surface area contributed by atoms with E-state index >= 15 is 0 Å². The number of anilines is 1. The van der Waals surface area contributed by atoms with Gasteiger partial charge in [-0.15, -0.1) is 21.5 Å². The molecule has 3 aromatic heterocycles. The van der Waals surface area contributed by atoms with Crippen LogP contribution in [0.5, 0.6) is 0 Å². The van der Waals surface area contributed by atoms with Crippen LogP contribution in [0.2, 0.25) is 0 Å². The summed E-state index contributed by atoms with van der Waals surface area (Å²) < 4.78 is 0.921. The molecule has 0 saturated carbocycles. The highest BCUT2D eigenvalue weighted by molar-refractivity contribution is 8.01. The molecular formula is C15H17N5S3. The van der Waals surface area contributed by atoms with E-state index in [1.54, 1.807) is 29.4 Å². The molecule has 0 aliphatic heterocycles. The van der Waals surface area contributed by atoms with Crippen molar-refractivity contribution in [1.82, 2.24) is 20.2 Å². The van der Waals surface area contributed by atoms with E-state index in [2.05, 4.69) is 39.3 Å². The first kappa shape index (κ1) is 15.3. The highest BCUT2D eigenvalue weighted by Crippen LogP contribution is 2.42. The van der Waals surface area contributed by atoms with E-state index in [1.807, 2.05) is 11.3 Å². The van der Waals surface area contributed by atoms with Crippen molar-refractivity contribution in [2.24, 2.45) is 5.92 Å². The fourth-order valence-corrected chi connectivity index (χ4v) is 6.15. The van der Waals surface area contributed by atoms with Crippen molar-refractivity contribution in [3.8, 4) is 0 Å². The third kappa shape index (κ3) is 2.95. The Balaban J connectivity index is 1.71. The van der Waals surface area contributed by atoms with Crippen molar-refractivity contribution in [3.05, 3.63) is 16.8 Å². The summed E-state index contributed by atoms with van der Waals surface area (Å²) in [5.41, 5.74) is 1.46. The Hall–Kier alpha value is -1.25. The maximum absolute atomic E-state index is 4.53. The van der Waals surface area contributed by atoms with Crippen LogP contribution in [0, 0.1) is 5.92 Å². The van der Waals surface area contributed by atoms with Crippen molar-refractivity contribution >= 4 is 49.8 Å². The first-order chi connectivity index (χ1) is 11.2. The predicted octanol–water partition coefficient (Wildman–Crippen LogP) is 4.25. The van der Waals surface area contributed by atoms with E-state index in [1.165, 1.54) is 28.7 Å². The van der Waals surface area contributed by atoms with Crippen LogP contribution in [0.1, 0.15) is 30.7 Å². The van der Waals surface area contributed by atoms with Gasteiger partial charge in [0.05, 0.1) is 0 Å². The molecule has 1 aliphatic rings. The molecule has 0 spiro atoms. The Morgan fingerprint density at radius 3 is 3.09 bits per heavy atom. The lowest BCUT2D eigenvalue weighted by Crippen LogP contribution is -2.08. The molecule has 120 valence electrons. The van der Waals surface area contributed by atoms with Gasteiger partial charge in [-0.1, -0.05) is 18.3 Å². The maximum atomic E-state index is 4.53. The van der Waals surface area contributed by atoms with Gasteiger partial charge in [-0.25, -0.2) is 9.97 Å². The molecule has 1 unspecified atom stereocenters. The van der Waals surface area contributed by atoms with Crippen molar-refractivity contribution in [2.45, 2.75) is 42.5 Å². The van der Waals surface area contributed by atoms with Crippen molar-refractivity contribution in [2.75, 3.05) is 11.9 Å². The number of aromatic nitrogens is 4. The number of nitrogens with one attached hydrogen (secondary N) is 1. The Labute approximate surface area is 147 Å². The molecule has 8 heteroatoms. The second kappa shape index (κ2) is 6.33. The molecule has 5 nitrogen and oxygen atoms in total. The van der Waals surface area contributed by atoms with Gasteiger partial charge in [0, 0.05) is 16.8 Å². The summed E-state index contributed by atoms with van der Waals surface area (Å²) in [6.07, 6.45) is 5.23. The van der Waals surface area contributed by atoms with E-state index in [4.69, 9.17) is 0 Å². The summed E-state index contributed by atoms with van der Waals surface area (Å²) in [7, 11) is 0. The topological polar surface area (TPSA) is 63.6 Å². The van der Waals surface area contributed by atoms with Gasteiger partial charge in [0.25, 0.3) is 0 Å². The zero-order valence-electron chi connectivity index (χ0n) is 13.0. The fraction of sp³-hybridized carbons (Fsp3) is 0.467. The van der Waals surface area contributed by atoms with Crippen LogP contribution in [0.25, 0.3) is 10.2 Å². The van der Waals surface area contributed by atoms with Gasteiger partial charge < -0.3 is 5.32 Å². The molecule has 0 aromatic carbocycles. The zero-order valence-corrected chi connectivity index (χ0v) is 15.4. The van der Waals surface area contributed by atoms with Gasteiger partial charge in [0.1, 0.15) is 16.2 Å². The summed E-state index contributed by atoms with van der Waals surface area (Å²) in [5, 5.41) is 14.7. The fourth-order valence-electron chi connectivity index (χ4n) is 2.88. The Morgan fingerprint density at radius 2 is 2.22 bits per heavy atom. The van der Waals surface area contributed by atoms with Crippen LogP contribution in [-0.4, -0.2) is 26.7 Å². The molecule has 1 N–H and O–H groups in total. The molecule has 0 amide bonds. The van der Waals surface area contributed by atoms with Crippen molar-refractivity contribution < 1.29 is 0 Å². The number of thiophene rings is 1. The second-order valence-electron chi connectivity index (χ2n) is 5.72. The third-order valence-electron chi connectivity index (χ3n) is 3.98. The van der Waals surface area contributed by atoms with E-state index in [0.717, 1.165) is 38.2 Å². The number of rotatable bonds is 4. The Bertz CT molecular complexity index is 841. The quantitative estimate of drug-likeness (QED) is 0.699. The van der Waals surface area contributed by atoms with Gasteiger partial charge in [-0.3, -0.25) is 0 Å². The van der Waals surface area contributed by atoms with E-state index in [-0.39, 0.29) is 0 Å². The minimum Gasteiger partial charge on any atom is -0.360 e. The van der Waals surface area contributed by atoms with E-state index < -0.39 is 0 Å². The first-order valence-electron chi connectivity index (χ1n) is 7.75. The standard InChI is InChI=1S/C15H17N5S3/c1-3-16-14-19-20-15(23-14)22-13-11-9-5-4-8(2)6-10(9)21-12(11)17-7-18-13/h7-8H,3-6H2,1-2H3,(H,16,19). The van der Waals surface area contributed by atoms with Crippen LogP contribution in [0.15, 0.2) is 15.7 Å². The van der Waals surface area contributed by atoms with Crippen molar-refractivity contribution in [3.63, 3.8) is 0 Å². The molecule has 4 rings (SSSR count). The monoisotopic (exact) mass is 363 g/mol. The van der Waals surface area contributed by atoms with Gasteiger partial charge in [0.2, 0.25) is 5.13 Å². The lowest BCUT2D eigenvalue weighted by molar-refractivity contribution is 0.509. The van der Waals surface area contributed by atoms with Crippen LogP contribution < -0.4 is 5.32 Å². The molecule has 0 radical (unpaired) electrons. The predicted molar refractivity (Wildman–Crippen MR) is 96.8 cm³/mol. The second-order valence-corrected chi connectivity index (χ2v) is 9.01. The number of fused-ring (bicyclic) bond motifs is 3. The SMILES string of the molecule is CCNc1nnc(Sc2ncnc3sc4c(c23)CCC(C)C4)s1. The highest BCUT2D eigenvalue weighted by Gasteiger charge is 2.23. The molecule has 1 atom stereocenters. The normalized spacial score (nSPS) is 17.4. The van der Waals surface area contributed by atoms with Crippen LogP contribution in [0.4, 0.5) is 5.13 Å². The lowest BCUT2D eigenvalue weighted by Gasteiger charge is -2.17. The molecular weight excluding hydrogens is 346 g/mol. The molecule has 3 aromatic rings. The molecule has 23 heavy (non-hydrogen) atoms. The van der Waals surface area contributed by atoms with Crippen LogP contribution >= 0.6 is 34.4 Å². The Kier molecular flexibility index (Phi) is 4.21. The average molecular weight is 364 g/mol. The van der Waals surface area contributed by atoms with Crippen LogP contribution in [-0.2, 0) is 12.8 Å². The molecule has 0 saturated heterocycles. The van der Waals surface area contributed by atoms with Gasteiger partial charge in [-0.2, -0.15) is 0 Å². The van der Waals surface area contributed by atoms with Gasteiger partial charge in [0.15, 0.2) is 4.34 Å². The zero-order chi connectivity index (χ0) is 15.8. The van der Waals surface area contributed by atoms with Crippen LogP contribution in [0.3, 0.4) is 0 Å². The average Bonchev–Trinajstić information content (AvgIpc) is 3.11. The minimum absolute atomic E-state index is 0.769. The number of hydrogen-bond donors (Lipinski definition) is 1. The molecule has 3 heterocycles. The van der Waals surface area contributed by atoms with E-state index in [0.29, 0.717) is 0 Å². The smallest absolute Gasteiger partial charge is 0.206 e. The largest absolute Gasteiger partial charge is 0.360 e. The Morgan fingerprint density at radius 1 is 1.30 bits per heavy atom. The summed E-state index contributed by atoms with van der Waals surface area (Å²) in [6.45, 7) is 5.24. The lowest BCUT2D eigenvalue weighted by atomic mass is 9.89.